The molecule has 21 atom stereocenters. The fourth-order valence-corrected chi connectivity index (χ4v) is 11.2. The molecule has 0 radical (unpaired) electrons. The van der Waals surface area contributed by atoms with Gasteiger partial charge >= 0.3 is 17.9 Å². The summed E-state index contributed by atoms with van der Waals surface area (Å²) in [7, 11) is 1.38. The molecule has 0 aromatic heterocycles. The van der Waals surface area contributed by atoms with Crippen molar-refractivity contribution in [1.82, 2.24) is 0 Å². The summed E-state index contributed by atoms with van der Waals surface area (Å²) in [6.07, 6.45) is 6.36. The molecule has 3 saturated carbocycles. The molecule has 6 aliphatic rings. The molecule has 21 unspecified atom stereocenters. The van der Waals surface area contributed by atoms with Gasteiger partial charge in [-0.1, -0.05) is 117 Å². The number of carbonyl (C=O) groups excluding carboxylic acids is 3. The van der Waals surface area contributed by atoms with Gasteiger partial charge in [-0.25, -0.2) is 0 Å². The highest BCUT2D eigenvalue weighted by atomic mass is 16.8. The van der Waals surface area contributed by atoms with Crippen LogP contribution in [-0.2, 0) is 61.8 Å². The van der Waals surface area contributed by atoms with Crippen LogP contribution in [0.4, 0.5) is 0 Å². The summed E-state index contributed by atoms with van der Waals surface area (Å²) in [5, 5.41) is 35.4. The molecule has 428 valence electrons. The van der Waals surface area contributed by atoms with Crippen molar-refractivity contribution in [3.63, 3.8) is 0 Å². The molecule has 6 fully saturated rings. The summed E-state index contributed by atoms with van der Waals surface area (Å²) in [5.74, 6) is -1.07. The normalized spacial score (nSPS) is 38.6. The van der Waals surface area contributed by atoms with Crippen molar-refractivity contribution in [2.75, 3.05) is 26.9 Å². The lowest BCUT2D eigenvalue weighted by Crippen LogP contribution is -2.69. The first kappa shape index (κ1) is 61.1. The van der Waals surface area contributed by atoms with Crippen LogP contribution in [0.3, 0.4) is 0 Å². The Hall–Kier alpha value is -2.11. The Morgan fingerprint density at radius 3 is 1.14 bits per heavy atom. The number of aliphatic hydroxyl groups excluding tert-OH is 3. The van der Waals surface area contributed by atoms with Crippen molar-refractivity contribution in [3.05, 3.63) is 0 Å². The van der Waals surface area contributed by atoms with E-state index in [2.05, 4.69) is 20.8 Å². The van der Waals surface area contributed by atoms with E-state index in [4.69, 9.17) is 64.6 Å². The van der Waals surface area contributed by atoms with Crippen LogP contribution in [0.25, 0.3) is 0 Å². The van der Waals surface area contributed by atoms with Gasteiger partial charge in [0, 0.05) is 7.11 Å². The van der Waals surface area contributed by atoms with Gasteiger partial charge in [0.25, 0.3) is 0 Å². The Morgan fingerprint density at radius 1 is 0.486 bits per heavy atom. The molecule has 3 aliphatic carbocycles. The lowest BCUT2D eigenvalue weighted by molar-refractivity contribution is -0.351. The molecule has 3 aliphatic heterocycles. The Labute approximate surface area is 440 Å². The van der Waals surface area contributed by atoms with E-state index in [1.54, 1.807) is 13.8 Å². The topological polar surface area (TPSA) is 282 Å². The van der Waals surface area contributed by atoms with Crippen LogP contribution in [0.5, 0.6) is 0 Å². The Morgan fingerprint density at radius 2 is 0.797 bits per heavy atom. The summed E-state index contributed by atoms with van der Waals surface area (Å²) in [4.78, 5) is 40.1. The second-order valence-electron chi connectivity index (χ2n) is 22.7. The van der Waals surface area contributed by atoms with Crippen molar-refractivity contribution >= 4 is 17.9 Å². The highest BCUT2D eigenvalue weighted by Crippen LogP contribution is 2.46. The zero-order valence-corrected chi connectivity index (χ0v) is 45.6. The number of hydrogen-bond acceptors (Lipinski definition) is 19. The van der Waals surface area contributed by atoms with Crippen molar-refractivity contribution < 1.29 is 77.1 Å². The van der Waals surface area contributed by atoms with Gasteiger partial charge in [-0.15, -0.1) is 0 Å². The van der Waals surface area contributed by atoms with Crippen molar-refractivity contribution in [2.45, 2.75) is 267 Å². The molecule has 19 nitrogen and oxygen atoms in total. The first-order chi connectivity index (χ1) is 35.6. The number of ether oxygens (including phenoxy) is 10. The highest BCUT2D eigenvalue weighted by Gasteiger charge is 2.55. The molecular formula is C55H97N3O16. The number of nitrogens with two attached hydrogens (primary N) is 3. The van der Waals surface area contributed by atoms with Crippen LogP contribution in [-0.4, -0.2) is 158 Å². The van der Waals surface area contributed by atoms with Crippen LogP contribution in [0.2, 0.25) is 0 Å². The van der Waals surface area contributed by atoms with Crippen LogP contribution in [0.1, 0.15) is 169 Å². The Bertz CT molecular complexity index is 1680. The van der Waals surface area contributed by atoms with Crippen molar-refractivity contribution in [1.29, 1.82) is 0 Å². The maximum absolute atomic E-state index is 13.6. The van der Waals surface area contributed by atoms with E-state index in [0.29, 0.717) is 6.42 Å². The average Bonchev–Trinajstić information content (AvgIpc) is 4.30. The zero-order chi connectivity index (χ0) is 53.5. The van der Waals surface area contributed by atoms with Gasteiger partial charge < -0.3 is 79.9 Å². The number of hydrogen-bond donors (Lipinski definition) is 6. The third kappa shape index (κ3) is 17.4. The van der Waals surface area contributed by atoms with Crippen molar-refractivity contribution in [3.8, 4) is 0 Å². The van der Waals surface area contributed by atoms with Crippen LogP contribution >= 0.6 is 0 Å². The standard InChI is InChI=1S/C55H97N3O16/c1-7-10-13-16-19-22-32-25-35(32)50(62)66-28-38-47(69-31(4)5)45(60)42(57)54(71-38)74-49-40(30-68-52(64)37-27-34(37)24-21-18-15-12-9-3)72-55(43(58)46(49)61)73-48-39(70-53(65-6)41(56)44(48)59)29-67-51(63)36-26-33(36)23-20-17-14-11-8-2/h31-49,53-55,59-61H,7-30,56-58H2,1-6H3. The number of aliphatic hydroxyl groups is 3. The maximum Gasteiger partial charge on any atom is 0.309 e. The third-order valence-electron chi connectivity index (χ3n) is 16.3. The van der Waals surface area contributed by atoms with Gasteiger partial charge in [-0.2, -0.15) is 0 Å². The molecular weight excluding hydrogens is 959 g/mol. The molecule has 3 saturated heterocycles. The second-order valence-corrected chi connectivity index (χ2v) is 22.7. The fraction of sp³-hybridized carbons (Fsp3) is 0.945. The van der Waals surface area contributed by atoms with Gasteiger partial charge in [0.05, 0.1) is 42.0 Å². The SMILES string of the molecule is CCCCCCCC1CC1C(=O)OCC1OC(OC2C(COC(=O)C3CC3CCCCCCC)OC(OC3C(COC(=O)C4CC4CCCCCCC)OC(OC)C(N)C3O)C(N)C2O)C(N)C(O)C1OC(C)C. The number of esters is 3. The number of carbonyl (C=O) groups is 3. The minimum atomic E-state index is -1.61. The summed E-state index contributed by atoms with van der Waals surface area (Å²) in [6, 6.07) is -3.71. The lowest BCUT2D eigenvalue weighted by atomic mass is 9.94. The molecule has 0 aromatic rings. The van der Waals surface area contributed by atoms with E-state index in [1.807, 2.05) is 0 Å². The van der Waals surface area contributed by atoms with Gasteiger partial charge in [-0.3, -0.25) is 14.4 Å². The quantitative estimate of drug-likeness (QED) is 0.0279. The van der Waals surface area contributed by atoms with Gasteiger partial charge in [0.15, 0.2) is 18.9 Å². The number of methoxy groups -OCH3 is 1. The summed E-state index contributed by atoms with van der Waals surface area (Å²) in [5.41, 5.74) is 19.8. The third-order valence-corrected chi connectivity index (χ3v) is 16.3. The number of unbranched alkanes of at least 4 members (excludes halogenated alkanes) is 12. The lowest BCUT2D eigenvalue weighted by Gasteiger charge is -2.49. The fourth-order valence-electron chi connectivity index (χ4n) is 11.2. The minimum absolute atomic E-state index is 0.200. The van der Waals surface area contributed by atoms with Gasteiger partial charge in [0.1, 0.15) is 74.8 Å². The molecule has 0 aromatic carbocycles. The van der Waals surface area contributed by atoms with Gasteiger partial charge in [0.2, 0.25) is 0 Å². The molecule has 6 rings (SSSR count). The predicted octanol–water partition coefficient (Wildman–Crippen LogP) is 5.06. The van der Waals surface area contributed by atoms with E-state index in [9.17, 15) is 29.7 Å². The molecule has 19 heteroatoms. The van der Waals surface area contributed by atoms with Crippen LogP contribution in [0, 0.1) is 35.5 Å². The molecule has 0 spiro atoms. The molecule has 0 bridgehead atoms. The van der Waals surface area contributed by atoms with E-state index in [1.165, 1.54) is 45.6 Å². The first-order valence-electron chi connectivity index (χ1n) is 28.9. The average molecular weight is 1060 g/mol. The molecule has 3 heterocycles. The minimum Gasteiger partial charge on any atom is -0.463 e. The molecule has 0 amide bonds. The van der Waals surface area contributed by atoms with Gasteiger partial charge in [-0.05, 0) is 70.1 Å². The second kappa shape index (κ2) is 30.3. The highest BCUT2D eigenvalue weighted by molar-refractivity contribution is 5.76. The largest absolute Gasteiger partial charge is 0.463 e. The number of rotatable bonds is 34. The van der Waals surface area contributed by atoms with Crippen LogP contribution < -0.4 is 17.2 Å². The first-order valence-corrected chi connectivity index (χ1v) is 28.9. The smallest absolute Gasteiger partial charge is 0.309 e. The van der Waals surface area contributed by atoms with E-state index < -0.39 is 105 Å². The summed E-state index contributed by atoms with van der Waals surface area (Å²) in [6.45, 7) is 9.17. The summed E-state index contributed by atoms with van der Waals surface area (Å²) < 4.78 is 60.9. The molecule has 9 N–H and O–H groups in total. The Kier molecular flexibility index (Phi) is 25.0. The van der Waals surface area contributed by atoms with E-state index in [0.717, 1.165) is 89.9 Å². The Balaban J connectivity index is 1.14. The predicted molar refractivity (Wildman–Crippen MR) is 272 cm³/mol. The monoisotopic (exact) mass is 1060 g/mol. The summed E-state index contributed by atoms with van der Waals surface area (Å²) >= 11 is 0. The zero-order valence-electron chi connectivity index (χ0n) is 45.6. The van der Waals surface area contributed by atoms with E-state index >= 15 is 0 Å². The molecule has 74 heavy (non-hydrogen) atoms. The maximum atomic E-state index is 13.6. The van der Waals surface area contributed by atoms with E-state index in [-0.39, 0.29) is 66.8 Å². The van der Waals surface area contributed by atoms with Crippen LogP contribution in [0.15, 0.2) is 0 Å². The van der Waals surface area contributed by atoms with Crippen molar-refractivity contribution in [2.24, 2.45) is 52.7 Å².